The first-order valence-electron chi connectivity index (χ1n) is 8.00. The molecular weight excluding hydrogens is 332 g/mol. The smallest absolute Gasteiger partial charge is 0.329 e. The summed E-state index contributed by atoms with van der Waals surface area (Å²) in [7, 11) is 0. The van der Waals surface area contributed by atoms with Gasteiger partial charge in [0.2, 0.25) is 0 Å². The van der Waals surface area contributed by atoms with E-state index < -0.39 is 41.6 Å². The maximum absolute atomic E-state index is 12.6. The van der Waals surface area contributed by atoms with Crippen LogP contribution in [-0.2, 0) is 9.59 Å². The van der Waals surface area contributed by atoms with E-state index in [2.05, 4.69) is 0 Å². The Morgan fingerprint density at radius 2 is 1.04 bits per heavy atom. The Morgan fingerprint density at radius 3 is 1.32 bits per heavy atom. The van der Waals surface area contributed by atoms with Crippen LogP contribution in [0.3, 0.4) is 0 Å². The van der Waals surface area contributed by atoms with Gasteiger partial charge in [-0.3, -0.25) is 9.59 Å². The first-order chi connectivity index (χ1) is 11.5. The van der Waals surface area contributed by atoms with Gasteiger partial charge in [-0.25, -0.2) is 19.4 Å². The minimum absolute atomic E-state index is 0.0297. The van der Waals surface area contributed by atoms with E-state index in [1.807, 2.05) is 0 Å². The SMILES string of the molecule is CC1(C)C(=O)N(CN2C(=O)N(CCO)C(C)(C)C2=O)C(=O)N1CCO. The van der Waals surface area contributed by atoms with Gasteiger partial charge in [0, 0.05) is 13.1 Å². The Labute approximate surface area is 145 Å². The molecule has 0 aliphatic carbocycles. The van der Waals surface area contributed by atoms with Crippen LogP contribution < -0.4 is 0 Å². The highest BCUT2D eigenvalue weighted by Crippen LogP contribution is 2.31. The van der Waals surface area contributed by atoms with Crippen LogP contribution in [0.2, 0.25) is 0 Å². The van der Waals surface area contributed by atoms with Gasteiger partial charge in [0.25, 0.3) is 11.8 Å². The normalized spacial score (nSPS) is 22.6. The van der Waals surface area contributed by atoms with E-state index in [1.54, 1.807) is 27.7 Å². The van der Waals surface area contributed by atoms with Crippen LogP contribution in [-0.4, -0.2) is 97.7 Å². The topological polar surface area (TPSA) is 122 Å². The van der Waals surface area contributed by atoms with Crippen LogP contribution in [0, 0.1) is 0 Å². The summed E-state index contributed by atoms with van der Waals surface area (Å²) in [5.74, 6) is -1.10. The van der Waals surface area contributed by atoms with Crippen molar-refractivity contribution in [2.24, 2.45) is 0 Å². The Hall–Kier alpha value is -2.20. The molecular formula is C15H24N4O6. The second kappa shape index (κ2) is 6.26. The van der Waals surface area contributed by atoms with Crippen molar-refractivity contribution in [1.82, 2.24) is 19.6 Å². The lowest BCUT2D eigenvalue weighted by atomic mass is 10.0. The largest absolute Gasteiger partial charge is 0.395 e. The number of carbonyl (C=O) groups excluding carboxylic acids is 4. The summed E-state index contributed by atoms with van der Waals surface area (Å²) in [6.45, 7) is 4.99. The molecule has 2 heterocycles. The third-order valence-electron chi connectivity index (χ3n) is 4.74. The summed E-state index contributed by atoms with van der Waals surface area (Å²) in [5.41, 5.74) is -2.35. The quantitative estimate of drug-likeness (QED) is 0.590. The molecule has 6 amide bonds. The zero-order valence-electron chi connectivity index (χ0n) is 14.9. The highest BCUT2D eigenvalue weighted by Gasteiger charge is 2.56. The van der Waals surface area contributed by atoms with Crippen LogP contribution in [0.4, 0.5) is 9.59 Å². The Morgan fingerprint density at radius 1 is 0.720 bits per heavy atom. The molecule has 0 aromatic heterocycles. The molecule has 2 N–H and O–H groups in total. The third kappa shape index (κ3) is 2.74. The molecule has 0 aromatic rings. The summed E-state index contributed by atoms with van der Waals surface area (Å²) in [6, 6.07) is -1.33. The molecule has 2 aliphatic rings. The molecule has 140 valence electrons. The van der Waals surface area contributed by atoms with Gasteiger partial charge in [-0.05, 0) is 27.7 Å². The minimum Gasteiger partial charge on any atom is -0.395 e. The third-order valence-corrected chi connectivity index (χ3v) is 4.74. The van der Waals surface area contributed by atoms with Gasteiger partial charge >= 0.3 is 12.1 Å². The number of aliphatic hydroxyl groups excluding tert-OH is 2. The molecule has 2 saturated heterocycles. The van der Waals surface area contributed by atoms with Gasteiger partial charge in [0.1, 0.15) is 17.7 Å². The number of rotatable bonds is 6. The molecule has 0 saturated carbocycles. The minimum atomic E-state index is -1.17. The lowest BCUT2D eigenvalue weighted by molar-refractivity contribution is -0.136. The second-order valence-corrected chi connectivity index (χ2v) is 7.04. The first-order valence-corrected chi connectivity index (χ1v) is 8.00. The predicted octanol–water partition coefficient (Wildman–Crippen LogP) is -0.986. The van der Waals surface area contributed by atoms with Crippen molar-refractivity contribution in [3.8, 4) is 0 Å². The van der Waals surface area contributed by atoms with Crippen molar-refractivity contribution >= 4 is 23.9 Å². The van der Waals surface area contributed by atoms with Crippen molar-refractivity contribution in [1.29, 1.82) is 0 Å². The van der Waals surface area contributed by atoms with Gasteiger partial charge in [-0.1, -0.05) is 0 Å². The highest BCUT2D eigenvalue weighted by molar-refractivity contribution is 6.09. The number of nitrogens with zero attached hydrogens (tertiary/aromatic N) is 4. The van der Waals surface area contributed by atoms with Gasteiger partial charge in [0.05, 0.1) is 13.2 Å². The molecule has 0 unspecified atom stereocenters. The maximum Gasteiger partial charge on any atom is 0.329 e. The number of urea groups is 2. The van der Waals surface area contributed by atoms with Gasteiger partial charge in [-0.2, -0.15) is 0 Å². The summed E-state index contributed by atoms with van der Waals surface area (Å²) in [5, 5.41) is 18.2. The summed E-state index contributed by atoms with van der Waals surface area (Å²) < 4.78 is 0. The number of aliphatic hydroxyl groups is 2. The molecule has 2 rings (SSSR count). The fourth-order valence-corrected chi connectivity index (χ4v) is 3.18. The average Bonchev–Trinajstić information content (AvgIpc) is 2.79. The zero-order chi connectivity index (χ0) is 19.2. The Balaban J connectivity index is 2.27. The zero-order valence-corrected chi connectivity index (χ0v) is 14.9. The molecule has 0 spiro atoms. The molecule has 2 fully saturated rings. The van der Waals surface area contributed by atoms with E-state index in [0.717, 1.165) is 9.80 Å². The Bertz CT molecular complexity index is 565. The van der Waals surface area contributed by atoms with Crippen LogP contribution in [0.25, 0.3) is 0 Å². The molecule has 0 aromatic carbocycles. The first kappa shape index (κ1) is 19.1. The lowest BCUT2D eigenvalue weighted by Crippen LogP contribution is -2.47. The summed E-state index contributed by atoms with van der Waals surface area (Å²) in [6.07, 6.45) is 0. The van der Waals surface area contributed by atoms with Gasteiger partial charge in [0.15, 0.2) is 0 Å². The Kier molecular flexibility index (Phi) is 4.79. The predicted molar refractivity (Wildman–Crippen MR) is 85.1 cm³/mol. The summed E-state index contributed by atoms with van der Waals surface area (Å²) in [4.78, 5) is 54.2. The number of imide groups is 2. The van der Waals surface area contributed by atoms with E-state index in [4.69, 9.17) is 10.2 Å². The van der Waals surface area contributed by atoms with Crippen molar-refractivity contribution in [2.75, 3.05) is 33.0 Å². The second-order valence-electron chi connectivity index (χ2n) is 7.04. The van der Waals surface area contributed by atoms with Crippen LogP contribution in [0.1, 0.15) is 27.7 Å². The molecule has 10 heteroatoms. The van der Waals surface area contributed by atoms with Gasteiger partial charge in [-0.15, -0.1) is 0 Å². The molecule has 0 bridgehead atoms. The standard InChI is InChI=1S/C15H24N4O6/c1-14(2)10(22)16(12(24)18(14)5-7-20)9-17-11(23)15(3,4)19(6-8-21)13(17)25/h20-21H,5-9H2,1-4H3. The fourth-order valence-electron chi connectivity index (χ4n) is 3.18. The van der Waals surface area contributed by atoms with Crippen LogP contribution in [0.15, 0.2) is 0 Å². The highest BCUT2D eigenvalue weighted by atomic mass is 16.3. The molecule has 0 radical (unpaired) electrons. The number of carbonyl (C=O) groups is 4. The van der Waals surface area contributed by atoms with E-state index in [-0.39, 0.29) is 26.3 Å². The number of hydrogen-bond acceptors (Lipinski definition) is 6. The summed E-state index contributed by atoms with van der Waals surface area (Å²) >= 11 is 0. The van der Waals surface area contributed by atoms with Crippen molar-refractivity contribution in [2.45, 2.75) is 38.8 Å². The maximum atomic E-state index is 12.6. The van der Waals surface area contributed by atoms with Crippen molar-refractivity contribution in [3.63, 3.8) is 0 Å². The van der Waals surface area contributed by atoms with Crippen LogP contribution in [0.5, 0.6) is 0 Å². The van der Waals surface area contributed by atoms with Crippen molar-refractivity contribution in [3.05, 3.63) is 0 Å². The molecule has 25 heavy (non-hydrogen) atoms. The monoisotopic (exact) mass is 356 g/mol. The van der Waals surface area contributed by atoms with E-state index >= 15 is 0 Å². The molecule has 0 atom stereocenters. The number of β-amino-alcohol motifs (C(OH)–C–C–N with tert-alkyl or cyclic N) is 2. The molecule has 10 nitrogen and oxygen atoms in total. The van der Waals surface area contributed by atoms with E-state index in [1.165, 1.54) is 9.80 Å². The van der Waals surface area contributed by atoms with E-state index in [9.17, 15) is 19.2 Å². The lowest BCUT2D eigenvalue weighted by Gasteiger charge is -2.26. The molecule has 2 aliphatic heterocycles. The number of amides is 6. The number of hydrogen-bond donors (Lipinski definition) is 2. The van der Waals surface area contributed by atoms with E-state index in [0.29, 0.717) is 0 Å². The van der Waals surface area contributed by atoms with Crippen LogP contribution >= 0.6 is 0 Å². The fraction of sp³-hybridized carbons (Fsp3) is 0.733. The van der Waals surface area contributed by atoms with Gasteiger partial charge < -0.3 is 20.0 Å². The van der Waals surface area contributed by atoms with Crippen molar-refractivity contribution < 1.29 is 29.4 Å². The average molecular weight is 356 g/mol.